The quantitative estimate of drug-likeness (QED) is 0.474. The third kappa shape index (κ3) is 4.33. The number of hydrogen-bond acceptors (Lipinski definition) is 5. The van der Waals surface area contributed by atoms with E-state index in [9.17, 15) is 19.5 Å². The third-order valence-electron chi connectivity index (χ3n) is 8.13. The second-order valence-electron chi connectivity index (χ2n) is 10.3. The van der Waals surface area contributed by atoms with Gasteiger partial charge >= 0.3 is 0 Å². The van der Waals surface area contributed by atoms with Gasteiger partial charge in [0.15, 0.2) is 0 Å². The first kappa shape index (κ1) is 26.1. The van der Waals surface area contributed by atoms with E-state index in [2.05, 4.69) is 17.6 Å². The number of anilines is 1. The van der Waals surface area contributed by atoms with Crippen molar-refractivity contribution in [1.82, 2.24) is 10.2 Å². The molecule has 2 aromatic rings. The zero-order valence-corrected chi connectivity index (χ0v) is 22.5. The number of para-hydroxylation sites is 1. The van der Waals surface area contributed by atoms with E-state index in [1.165, 1.54) is 0 Å². The van der Waals surface area contributed by atoms with Crippen LogP contribution in [0.1, 0.15) is 30.9 Å². The molecule has 3 N–H and O–H groups in total. The molecule has 6 atom stereocenters. The van der Waals surface area contributed by atoms with Crippen LogP contribution in [0.25, 0.3) is 0 Å². The largest absolute Gasteiger partial charge is 0.396 e. The Labute approximate surface area is 226 Å². The number of halogens is 1. The van der Waals surface area contributed by atoms with Crippen LogP contribution in [-0.4, -0.2) is 56.9 Å². The van der Waals surface area contributed by atoms with E-state index in [-0.39, 0.29) is 42.0 Å². The number of nitrogens with one attached hydrogen (secondary N) is 2. The van der Waals surface area contributed by atoms with Crippen molar-refractivity contribution in [3.8, 4) is 0 Å². The summed E-state index contributed by atoms with van der Waals surface area (Å²) in [5.41, 5.74) is 2.35. The average Bonchev–Trinajstić information content (AvgIpc) is 3.47. The van der Waals surface area contributed by atoms with E-state index in [4.69, 9.17) is 11.6 Å². The molecule has 3 heterocycles. The maximum Gasteiger partial charge on any atom is 0.248 e. The number of nitrogens with zero attached hydrogens (tertiary/aromatic N) is 1. The molecule has 3 amide bonds. The third-order valence-corrected chi connectivity index (χ3v) is 10.5. The van der Waals surface area contributed by atoms with Gasteiger partial charge in [0.25, 0.3) is 0 Å². The van der Waals surface area contributed by atoms with Gasteiger partial charge in [0.05, 0.1) is 27.3 Å². The number of rotatable bonds is 8. The van der Waals surface area contributed by atoms with E-state index in [1.54, 1.807) is 22.7 Å². The maximum atomic E-state index is 14.0. The Hall–Kier alpha value is -2.55. The Morgan fingerprint density at radius 2 is 1.92 bits per heavy atom. The fourth-order valence-corrected chi connectivity index (χ4v) is 9.18. The van der Waals surface area contributed by atoms with E-state index < -0.39 is 22.6 Å². The second kappa shape index (κ2) is 10.3. The summed E-state index contributed by atoms with van der Waals surface area (Å²) in [5, 5.41) is 16.0. The van der Waals surface area contributed by atoms with Crippen molar-refractivity contribution in [3.05, 3.63) is 64.7 Å². The zero-order chi connectivity index (χ0) is 26.3. The Bertz CT molecular complexity index is 1190. The van der Waals surface area contributed by atoms with Gasteiger partial charge in [-0.25, -0.2) is 0 Å². The summed E-state index contributed by atoms with van der Waals surface area (Å²) in [7, 11) is 0. The fraction of sp³-hybridized carbons (Fsp3) is 0.464. The molecular weight excluding hydrogens is 510 g/mol. The van der Waals surface area contributed by atoms with Crippen LogP contribution in [0.3, 0.4) is 0 Å². The fourth-order valence-electron chi connectivity index (χ4n) is 6.49. The highest BCUT2D eigenvalue weighted by Crippen LogP contribution is 2.68. The summed E-state index contributed by atoms with van der Waals surface area (Å²) in [5.74, 6) is -1.64. The molecule has 0 aliphatic carbocycles. The van der Waals surface area contributed by atoms with Gasteiger partial charge in [0, 0.05) is 24.9 Å². The number of thioether (sulfide) groups is 1. The number of carbonyl (C=O) groups is 3. The molecule has 196 valence electrons. The predicted octanol–water partition coefficient (Wildman–Crippen LogP) is 3.62. The summed E-state index contributed by atoms with van der Waals surface area (Å²) in [4.78, 5) is 43.0. The minimum atomic E-state index is -0.760. The van der Waals surface area contributed by atoms with Gasteiger partial charge in [-0.2, -0.15) is 0 Å². The van der Waals surface area contributed by atoms with Gasteiger partial charge in [-0.15, -0.1) is 11.8 Å². The lowest BCUT2D eigenvalue weighted by Gasteiger charge is -2.38. The highest BCUT2D eigenvalue weighted by atomic mass is 35.5. The van der Waals surface area contributed by atoms with Crippen LogP contribution in [0.5, 0.6) is 0 Å². The van der Waals surface area contributed by atoms with Gasteiger partial charge in [-0.3, -0.25) is 14.4 Å². The molecule has 3 fully saturated rings. The van der Waals surface area contributed by atoms with Gasteiger partial charge < -0.3 is 20.6 Å². The van der Waals surface area contributed by atoms with E-state index in [0.717, 1.165) is 17.5 Å². The molecule has 1 spiro atoms. The van der Waals surface area contributed by atoms with Crippen molar-refractivity contribution >= 4 is 46.8 Å². The lowest BCUT2D eigenvalue weighted by Crippen LogP contribution is -2.55. The predicted molar refractivity (Wildman–Crippen MR) is 145 cm³/mol. The average molecular weight is 542 g/mol. The topological polar surface area (TPSA) is 98.7 Å². The Morgan fingerprint density at radius 1 is 1.16 bits per heavy atom. The summed E-state index contributed by atoms with van der Waals surface area (Å²) in [6.45, 7) is 4.51. The molecule has 3 saturated heterocycles. The lowest BCUT2D eigenvalue weighted by atomic mass is 9.66. The molecular formula is C28H32ClN3O4S. The van der Waals surface area contributed by atoms with E-state index >= 15 is 0 Å². The minimum Gasteiger partial charge on any atom is -0.396 e. The van der Waals surface area contributed by atoms with E-state index in [1.807, 2.05) is 49.4 Å². The molecule has 3 unspecified atom stereocenters. The molecule has 7 nitrogen and oxygen atoms in total. The monoisotopic (exact) mass is 541 g/mol. The molecule has 2 aromatic carbocycles. The SMILES string of the molecule is Cc1cccc(Cl)c1NC(=O)C1N(CCCO)C(=O)[C@@H]2[C@@H](C(=O)NCc3ccccc3)[C@H]3CC(C)C12S3. The first-order valence-corrected chi connectivity index (χ1v) is 14.0. The van der Waals surface area contributed by atoms with Crippen LogP contribution in [0.4, 0.5) is 5.69 Å². The summed E-state index contributed by atoms with van der Waals surface area (Å²) >= 11 is 8.04. The summed E-state index contributed by atoms with van der Waals surface area (Å²) in [6, 6.07) is 14.3. The first-order valence-electron chi connectivity index (χ1n) is 12.8. The molecule has 0 radical (unpaired) electrons. The number of fused-ring (bicyclic) bond motifs is 1. The lowest BCUT2D eigenvalue weighted by molar-refractivity contribution is -0.139. The molecule has 2 bridgehead atoms. The number of aryl methyl sites for hydroxylation is 1. The molecule has 3 aliphatic heterocycles. The van der Waals surface area contributed by atoms with Crippen LogP contribution in [0, 0.1) is 24.7 Å². The second-order valence-corrected chi connectivity index (χ2v) is 12.2. The highest BCUT2D eigenvalue weighted by molar-refractivity contribution is 8.02. The van der Waals surface area contributed by atoms with Gasteiger partial charge in [0.2, 0.25) is 17.7 Å². The van der Waals surface area contributed by atoms with Gasteiger partial charge in [-0.05, 0) is 42.9 Å². The number of carbonyl (C=O) groups excluding carboxylic acids is 3. The van der Waals surface area contributed by atoms with Crippen LogP contribution in [0.2, 0.25) is 5.02 Å². The Morgan fingerprint density at radius 3 is 2.62 bits per heavy atom. The first-order chi connectivity index (χ1) is 17.8. The Balaban J connectivity index is 1.46. The van der Waals surface area contributed by atoms with Crippen molar-refractivity contribution in [2.24, 2.45) is 17.8 Å². The van der Waals surface area contributed by atoms with Gasteiger partial charge in [0.1, 0.15) is 6.04 Å². The van der Waals surface area contributed by atoms with Gasteiger partial charge in [-0.1, -0.05) is 61.0 Å². The smallest absolute Gasteiger partial charge is 0.248 e. The number of likely N-dealkylation sites (tertiary alicyclic amines) is 1. The number of benzene rings is 2. The molecule has 9 heteroatoms. The Kier molecular flexibility index (Phi) is 7.27. The van der Waals surface area contributed by atoms with Crippen molar-refractivity contribution in [3.63, 3.8) is 0 Å². The number of aliphatic hydroxyl groups is 1. The summed E-state index contributed by atoms with van der Waals surface area (Å²) < 4.78 is -0.717. The van der Waals surface area contributed by atoms with Crippen molar-refractivity contribution in [2.75, 3.05) is 18.5 Å². The van der Waals surface area contributed by atoms with Crippen molar-refractivity contribution < 1.29 is 19.5 Å². The maximum absolute atomic E-state index is 14.0. The molecule has 3 aliphatic rings. The molecule has 5 rings (SSSR count). The molecule has 0 saturated carbocycles. The van der Waals surface area contributed by atoms with Crippen molar-refractivity contribution in [2.45, 2.75) is 49.3 Å². The van der Waals surface area contributed by atoms with Crippen LogP contribution in [0.15, 0.2) is 48.5 Å². The summed E-state index contributed by atoms with van der Waals surface area (Å²) in [6.07, 6.45) is 1.12. The van der Waals surface area contributed by atoms with Crippen LogP contribution in [-0.2, 0) is 20.9 Å². The normalized spacial score (nSPS) is 29.9. The van der Waals surface area contributed by atoms with Crippen LogP contribution < -0.4 is 10.6 Å². The van der Waals surface area contributed by atoms with Crippen molar-refractivity contribution in [1.29, 1.82) is 0 Å². The molecule has 0 aromatic heterocycles. The standard InChI is InChI=1S/C28H32ClN3O4S/c1-16-8-6-11-19(29)23(16)31-26(35)24-28-17(2)14-20(37-28)21(22(28)27(36)32(24)12-7-13-33)25(34)30-15-18-9-4-3-5-10-18/h3-6,8-11,17,20-22,24,33H,7,12-15H2,1-2H3,(H,30,34)(H,31,35)/t17?,20-,21+,22+,24?,28?/m1/s1. The minimum absolute atomic E-state index is 0.0305. The van der Waals surface area contributed by atoms with Crippen LogP contribution >= 0.6 is 23.4 Å². The number of aliphatic hydroxyl groups excluding tert-OH is 1. The van der Waals surface area contributed by atoms with E-state index in [0.29, 0.717) is 23.7 Å². The number of amides is 3. The molecule has 37 heavy (non-hydrogen) atoms. The highest BCUT2D eigenvalue weighted by Gasteiger charge is 2.75. The number of hydrogen-bond donors (Lipinski definition) is 3. The zero-order valence-electron chi connectivity index (χ0n) is 20.9.